The first-order valence-electron chi connectivity index (χ1n) is 7.85. The van der Waals surface area contributed by atoms with Gasteiger partial charge in [-0.3, -0.25) is 4.90 Å². The normalized spacial score (nSPS) is 18.2. The van der Waals surface area contributed by atoms with Gasteiger partial charge >= 0.3 is 0 Å². The van der Waals surface area contributed by atoms with Crippen LogP contribution in [0.25, 0.3) is 0 Å². The summed E-state index contributed by atoms with van der Waals surface area (Å²) in [5.74, 6) is 1.62. The van der Waals surface area contributed by atoms with Crippen LogP contribution < -0.4 is 14.8 Å². The maximum Gasteiger partial charge on any atom is 0.161 e. The van der Waals surface area contributed by atoms with Crippen LogP contribution in [-0.4, -0.2) is 44.8 Å². The van der Waals surface area contributed by atoms with Crippen LogP contribution in [0.3, 0.4) is 0 Å². The van der Waals surface area contributed by atoms with Crippen molar-refractivity contribution in [2.75, 3.05) is 33.9 Å². The van der Waals surface area contributed by atoms with Crippen LogP contribution in [0.5, 0.6) is 11.5 Å². The van der Waals surface area contributed by atoms with Crippen molar-refractivity contribution >= 4 is 0 Å². The molecule has 4 heteroatoms. The molecule has 4 nitrogen and oxygen atoms in total. The van der Waals surface area contributed by atoms with E-state index in [1.807, 2.05) is 0 Å². The molecule has 1 fully saturated rings. The van der Waals surface area contributed by atoms with E-state index in [-0.39, 0.29) is 0 Å². The van der Waals surface area contributed by atoms with Crippen molar-refractivity contribution in [3.05, 3.63) is 23.3 Å². The van der Waals surface area contributed by atoms with Crippen LogP contribution in [0, 0.1) is 6.92 Å². The minimum absolute atomic E-state index is 0.644. The van der Waals surface area contributed by atoms with Gasteiger partial charge in [-0.15, -0.1) is 0 Å². The molecule has 118 valence electrons. The van der Waals surface area contributed by atoms with Crippen LogP contribution in [0.2, 0.25) is 0 Å². The first-order chi connectivity index (χ1) is 10.2. The fourth-order valence-corrected chi connectivity index (χ4v) is 2.96. The maximum absolute atomic E-state index is 5.42. The minimum Gasteiger partial charge on any atom is -0.493 e. The summed E-state index contributed by atoms with van der Waals surface area (Å²) in [5.41, 5.74) is 2.57. The van der Waals surface area contributed by atoms with Crippen molar-refractivity contribution in [3.63, 3.8) is 0 Å². The summed E-state index contributed by atoms with van der Waals surface area (Å²) in [6, 6.07) is 4.82. The summed E-state index contributed by atoms with van der Waals surface area (Å²) < 4.78 is 10.8. The molecule has 1 aliphatic rings. The van der Waals surface area contributed by atoms with Crippen molar-refractivity contribution < 1.29 is 9.47 Å². The van der Waals surface area contributed by atoms with Crippen molar-refractivity contribution in [3.8, 4) is 11.5 Å². The number of hydrogen-bond donors (Lipinski definition) is 1. The Bertz CT molecular complexity index is 456. The van der Waals surface area contributed by atoms with Crippen molar-refractivity contribution in [1.82, 2.24) is 10.2 Å². The van der Waals surface area contributed by atoms with E-state index in [1.54, 1.807) is 14.2 Å². The Hall–Kier alpha value is -1.26. The molecule has 1 aliphatic heterocycles. The smallest absolute Gasteiger partial charge is 0.161 e. The third kappa shape index (κ3) is 4.11. The lowest BCUT2D eigenvalue weighted by Gasteiger charge is -2.25. The molecule has 0 bridgehead atoms. The molecular weight excluding hydrogens is 264 g/mol. The Labute approximate surface area is 128 Å². The number of rotatable bonds is 7. The van der Waals surface area contributed by atoms with Crippen LogP contribution in [0.1, 0.15) is 30.9 Å². The third-order valence-corrected chi connectivity index (χ3v) is 4.32. The minimum atomic E-state index is 0.644. The van der Waals surface area contributed by atoms with Gasteiger partial charge in [0.15, 0.2) is 11.5 Å². The zero-order chi connectivity index (χ0) is 15.2. The van der Waals surface area contributed by atoms with Gasteiger partial charge in [-0.2, -0.15) is 0 Å². The molecule has 1 heterocycles. The second-order valence-corrected chi connectivity index (χ2v) is 5.75. The highest BCUT2D eigenvalue weighted by Crippen LogP contribution is 2.30. The fraction of sp³-hybridized carbons (Fsp3) is 0.647. The van der Waals surface area contributed by atoms with E-state index in [9.17, 15) is 0 Å². The number of hydrogen-bond acceptors (Lipinski definition) is 4. The Morgan fingerprint density at radius 2 is 1.95 bits per heavy atom. The Morgan fingerprint density at radius 1 is 1.24 bits per heavy atom. The zero-order valence-electron chi connectivity index (χ0n) is 13.7. The third-order valence-electron chi connectivity index (χ3n) is 4.32. The van der Waals surface area contributed by atoms with Crippen LogP contribution in [-0.2, 0) is 6.54 Å². The van der Waals surface area contributed by atoms with E-state index < -0.39 is 0 Å². The van der Waals surface area contributed by atoms with Crippen molar-refractivity contribution in [1.29, 1.82) is 0 Å². The molecule has 1 N–H and O–H groups in total. The first-order valence-corrected chi connectivity index (χ1v) is 7.85. The quantitative estimate of drug-likeness (QED) is 0.837. The average Bonchev–Trinajstić information content (AvgIpc) is 3.00. The number of methoxy groups -OCH3 is 2. The fourth-order valence-electron chi connectivity index (χ4n) is 2.96. The molecule has 1 atom stereocenters. The van der Waals surface area contributed by atoms with E-state index in [4.69, 9.17) is 9.47 Å². The Balaban J connectivity index is 2.08. The molecule has 0 spiro atoms. The van der Waals surface area contributed by atoms with Gasteiger partial charge in [-0.1, -0.05) is 6.92 Å². The number of aryl methyl sites for hydroxylation is 1. The molecule has 1 unspecified atom stereocenters. The molecule has 21 heavy (non-hydrogen) atoms. The molecule has 0 amide bonds. The van der Waals surface area contributed by atoms with Crippen LogP contribution in [0.15, 0.2) is 12.1 Å². The van der Waals surface area contributed by atoms with Gasteiger partial charge in [0, 0.05) is 19.1 Å². The van der Waals surface area contributed by atoms with E-state index in [2.05, 4.69) is 36.2 Å². The standard InChI is InChI=1S/C17H28N2O2/c1-5-19(12-15-7-6-8-18-15)11-14-10-17(21-4)16(20-3)9-13(14)2/h9-10,15,18H,5-8,11-12H2,1-4H3. The number of nitrogens with zero attached hydrogens (tertiary/aromatic N) is 1. The molecule has 0 saturated carbocycles. The van der Waals surface area contributed by atoms with Gasteiger partial charge < -0.3 is 14.8 Å². The van der Waals surface area contributed by atoms with E-state index >= 15 is 0 Å². The molecule has 1 aromatic rings. The SMILES string of the molecule is CCN(Cc1cc(OC)c(OC)cc1C)CC1CCCN1. The monoisotopic (exact) mass is 292 g/mol. The lowest BCUT2D eigenvalue weighted by atomic mass is 10.1. The van der Waals surface area contributed by atoms with E-state index in [0.29, 0.717) is 6.04 Å². The average molecular weight is 292 g/mol. The summed E-state index contributed by atoms with van der Waals surface area (Å²) >= 11 is 0. The second-order valence-electron chi connectivity index (χ2n) is 5.75. The zero-order valence-corrected chi connectivity index (χ0v) is 13.7. The van der Waals surface area contributed by atoms with Gasteiger partial charge in [0.25, 0.3) is 0 Å². The lowest BCUT2D eigenvalue weighted by Crippen LogP contribution is -2.37. The maximum atomic E-state index is 5.42. The van der Waals surface area contributed by atoms with E-state index in [1.165, 1.54) is 24.0 Å². The van der Waals surface area contributed by atoms with Gasteiger partial charge in [0.2, 0.25) is 0 Å². The van der Waals surface area contributed by atoms with Crippen LogP contribution in [0.4, 0.5) is 0 Å². The topological polar surface area (TPSA) is 33.7 Å². The summed E-state index contributed by atoms with van der Waals surface area (Å²) in [4.78, 5) is 2.50. The number of likely N-dealkylation sites (N-methyl/N-ethyl adjacent to an activating group) is 1. The Morgan fingerprint density at radius 3 is 2.52 bits per heavy atom. The van der Waals surface area contributed by atoms with Crippen LogP contribution >= 0.6 is 0 Å². The molecular formula is C17H28N2O2. The van der Waals surface area contributed by atoms with E-state index in [0.717, 1.165) is 37.7 Å². The largest absolute Gasteiger partial charge is 0.493 e. The number of benzene rings is 1. The summed E-state index contributed by atoms with van der Waals surface area (Å²) in [7, 11) is 3.37. The highest BCUT2D eigenvalue weighted by Gasteiger charge is 2.18. The van der Waals surface area contributed by atoms with Crippen molar-refractivity contribution in [2.24, 2.45) is 0 Å². The molecule has 2 rings (SSSR count). The predicted molar refractivity (Wildman–Crippen MR) is 86.3 cm³/mol. The second kappa shape index (κ2) is 7.66. The first kappa shape index (κ1) is 16.1. The summed E-state index contributed by atoms with van der Waals surface area (Å²) in [6.07, 6.45) is 2.60. The molecule has 0 aromatic heterocycles. The molecule has 1 saturated heterocycles. The molecule has 0 aliphatic carbocycles. The lowest BCUT2D eigenvalue weighted by molar-refractivity contribution is 0.252. The highest BCUT2D eigenvalue weighted by atomic mass is 16.5. The highest BCUT2D eigenvalue weighted by molar-refractivity contribution is 5.47. The van der Waals surface area contributed by atoms with Gasteiger partial charge in [0.1, 0.15) is 0 Å². The summed E-state index contributed by atoms with van der Waals surface area (Å²) in [6.45, 7) is 8.67. The predicted octanol–water partition coefficient (Wildman–Crippen LogP) is 2.59. The van der Waals surface area contributed by atoms with Crippen molar-refractivity contribution in [2.45, 2.75) is 39.3 Å². The van der Waals surface area contributed by atoms with Gasteiger partial charge in [-0.25, -0.2) is 0 Å². The number of ether oxygens (including phenoxy) is 2. The Kier molecular flexibility index (Phi) is 5.88. The number of nitrogens with one attached hydrogen (secondary N) is 1. The summed E-state index contributed by atoms with van der Waals surface area (Å²) in [5, 5.41) is 3.58. The molecule has 1 aromatic carbocycles. The van der Waals surface area contributed by atoms with Gasteiger partial charge in [-0.05, 0) is 56.1 Å². The van der Waals surface area contributed by atoms with Gasteiger partial charge in [0.05, 0.1) is 14.2 Å². The molecule has 0 radical (unpaired) electrons.